The van der Waals surface area contributed by atoms with E-state index in [4.69, 9.17) is 4.42 Å². The molecule has 148 valence electrons. The van der Waals surface area contributed by atoms with Gasteiger partial charge in [-0.2, -0.15) is 0 Å². The number of halogens is 1. The minimum absolute atomic E-state index is 0.120. The van der Waals surface area contributed by atoms with Crippen molar-refractivity contribution in [2.24, 2.45) is 0 Å². The number of hydrogen-bond acceptors (Lipinski definition) is 5. The number of furan rings is 1. The molecule has 1 atom stereocenters. The van der Waals surface area contributed by atoms with Crippen molar-refractivity contribution in [3.63, 3.8) is 0 Å². The fourth-order valence-corrected chi connectivity index (χ4v) is 3.91. The smallest absolute Gasteiger partial charge is 0.252 e. The number of hydrogen-bond donors (Lipinski definition) is 2. The van der Waals surface area contributed by atoms with Crippen molar-refractivity contribution in [3.05, 3.63) is 70.2 Å². The second-order valence-electron chi connectivity index (χ2n) is 7.31. The Balaban J connectivity index is 1.48. The number of pyridine rings is 1. The zero-order valence-corrected chi connectivity index (χ0v) is 15.6. The van der Waals surface area contributed by atoms with Crippen LogP contribution in [0, 0.1) is 5.82 Å². The molecule has 6 nitrogen and oxygen atoms in total. The van der Waals surface area contributed by atoms with E-state index >= 15 is 0 Å². The number of H-pyrrole nitrogens is 1. The standard InChI is InChI=1S/C21H24FN3O3/c22-17-4-3-15-10-16(21(27)23-20(15)11-17)12-24-6-7-25(18(13-24)5-8-26)14-19-2-1-9-28-19/h1-4,9-11,18,26H,5-8,12-14H2,(H,23,27). The highest BCUT2D eigenvalue weighted by atomic mass is 19.1. The van der Waals surface area contributed by atoms with Gasteiger partial charge in [0.2, 0.25) is 0 Å². The van der Waals surface area contributed by atoms with E-state index in [-0.39, 0.29) is 24.0 Å². The number of aliphatic hydroxyl groups excluding tert-OH is 1. The molecule has 0 amide bonds. The Morgan fingerprint density at radius 2 is 2.11 bits per heavy atom. The van der Waals surface area contributed by atoms with Crippen molar-refractivity contribution in [1.29, 1.82) is 0 Å². The second-order valence-corrected chi connectivity index (χ2v) is 7.31. The summed E-state index contributed by atoms with van der Waals surface area (Å²) in [6, 6.07) is 10.3. The van der Waals surface area contributed by atoms with Gasteiger partial charge in [-0.3, -0.25) is 14.6 Å². The van der Waals surface area contributed by atoms with Crippen molar-refractivity contribution in [2.75, 3.05) is 26.2 Å². The number of nitrogens with zero attached hydrogens (tertiary/aromatic N) is 2. The van der Waals surface area contributed by atoms with Gasteiger partial charge in [0, 0.05) is 44.4 Å². The van der Waals surface area contributed by atoms with Gasteiger partial charge in [0.05, 0.1) is 18.3 Å². The summed E-state index contributed by atoms with van der Waals surface area (Å²) in [5.74, 6) is 0.546. The van der Waals surface area contributed by atoms with Gasteiger partial charge >= 0.3 is 0 Å². The molecule has 1 saturated heterocycles. The molecule has 0 bridgehead atoms. The van der Waals surface area contributed by atoms with Crippen LogP contribution in [0.5, 0.6) is 0 Å². The van der Waals surface area contributed by atoms with E-state index in [0.717, 1.165) is 30.8 Å². The highest BCUT2D eigenvalue weighted by Gasteiger charge is 2.27. The molecule has 1 aliphatic heterocycles. The Morgan fingerprint density at radius 3 is 2.89 bits per heavy atom. The van der Waals surface area contributed by atoms with Crippen LogP contribution in [0.25, 0.3) is 10.9 Å². The van der Waals surface area contributed by atoms with Crippen LogP contribution < -0.4 is 5.56 Å². The number of benzene rings is 1. The molecule has 0 saturated carbocycles. The van der Waals surface area contributed by atoms with Crippen LogP contribution in [-0.2, 0) is 13.1 Å². The van der Waals surface area contributed by atoms with Crippen molar-refractivity contribution < 1.29 is 13.9 Å². The van der Waals surface area contributed by atoms with Crippen LogP contribution in [0.2, 0.25) is 0 Å². The van der Waals surface area contributed by atoms with Crippen molar-refractivity contribution in [3.8, 4) is 0 Å². The maximum atomic E-state index is 13.4. The van der Waals surface area contributed by atoms with Crippen LogP contribution in [0.1, 0.15) is 17.7 Å². The molecule has 3 aromatic rings. The third kappa shape index (κ3) is 4.16. The maximum absolute atomic E-state index is 13.4. The molecule has 2 aromatic heterocycles. The highest BCUT2D eigenvalue weighted by Crippen LogP contribution is 2.19. The first-order valence-electron chi connectivity index (χ1n) is 9.53. The topological polar surface area (TPSA) is 72.7 Å². The Labute approximate surface area is 162 Å². The van der Waals surface area contributed by atoms with E-state index in [1.807, 2.05) is 18.2 Å². The van der Waals surface area contributed by atoms with Crippen molar-refractivity contribution >= 4 is 10.9 Å². The molecule has 0 radical (unpaired) electrons. The Kier molecular flexibility index (Phi) is 5.57. The van der Waals surface area contributed by atoms with Gasteiger partial charge < -0.3 is 14.5 Å². The SMILES string of the molecule is O=c1[nH]c2cc(F)ccc2cc1CN1CCN(Cc2ccco2)C(CCO)C1. The lowest BCUT2D eigenvalue weighted by molar-refractivity contribution is 0.0454. The summed E-state index contributed by atoms with van der Waals surface area (Å²) in [6.07, 6.45) is 2.34. The maximum Gasteiger partial charge on any atom is 0.252 e. The summed E-state index contributed by atoms with van der Waals surface area (Å²) >= 11 is 0. The van der Waals surface area contributed by atoms with Crippen LogP contribution in [0.4, 0.5) is 4.39 Å². The summed E-state index contributed by atoms with van der Waals surface area (Å²) in [7, 11) is 0. The normalized spacial score (nSPS) is 18.7. The first kappa shape index (κ1) is 18.9. The molecule has 1 unspecified atom stereocenters. The number of piperazine rings is 1. The van der Waals surface area contributed by atoms with E-state index in [1.165, 1.54) is 12.1 Å². The molecule has 0 aliphatic carbocycles. The summed E-state index contributed by atoms with van der Waals surface area (Å²) in [6.45, 7) is 3.79. The summed E-state index contributed by atoms with van der Waals surface area (Å²) < 4.78 is 18.8. The quantitative estimate of drug-likeness (QED) is 0.681. The highest BCUT2D eigenvalue weighted by molar-refractivity contribution is 5.78. The predicted octanol–water partition coefficient (Wildman–Crippen LogP) is 2.33. The van der Waals surface area contributed by atoms with E-state index in [2.05, 4.69) is 14.8 Å². The van der Waals surface area contributed by atoms with Crippen LogP contribution in [0.3, 0.4) is 0 Å². The first-order valence-corrected chi connectivity index (χ1v) is 9.53. The van der Waals surface area contributed by atoms with Gasteiger partial charge in [0.25, 0.3) is 5.56 Å². The van der Waals surface area contributed by atoms with Gasteiger partial charge in [0.15, 0.2) is 0 Å². The van der Waals surface area contributed by atoms with Gasteiger partial charge in [-0.05, 0) is 48.2 Å². The first-order chi connectivity index (χ1) is 13.6. The number of aromatic amines is 1. The predicted molar refractivity (Wildman–Crippen MR) is 104 cm³/mol. The lowest BCUT2D eigenvalue weighted by Gasteiger charge is -2.41. The fourth-order valence-electron chi connectivity index (χ4n) is 3.91. The Morgan fingerprint density at radius 1 is 1.21 bits per heavy atom. The molecular formula is C21H24FN3O3. The molecular weight excluding hydrogens is 361 g/mol. The zero-order chi connectivity index (χ0) is 19.5. The monoisotopic (exact) mass is 385 g/mol. The number of aliphatic hydroxyl groups is 1. The van der Waals surface area contributed by atoms with Gasteiger partial charge in [0.1, 0.15) is 11.6 Å². The molecule has 4 rings (SSSR count). The van der Waals surface area contributed by atoms with E-state index < -0.39 is 0 Å². The summed E-state index contributed by atoms with van der Waals surface area (Å²) in [5.41, 5.74) is 0.992. The molecule has 0 spiro atoms. The molecule has 7 heteroatoms. The lowest BCUT2D eigenvalue weighted by Crippen LogP contribution is -2.52. The largest absolute Gasteiger partial charge is 0.468 e. The summed E-state index contributed by atoms with van der Waals surface area (Å²) in [4.78, 5) is 19.8. The van der Waals surface area contributed by atoms with Crippen molar-refractivity contribution in [2.45, 2.75) is 25.6 Å². The number of fused-ring (bicyclic) bond motifs is 1. The number of nitrogens with one attached hydrogen (secondary N) is 1. The molecule has 2 N–H and O–H groups in total. The fraction of sp³-hybridized carbons (Fsp3) is 0.381. The molecule has 1 aromatic carbocycles. The third-order valence-corrected chi connectivity index (χ3v) is 5.37. The van der Waals surface area contributed by atoms with E-state index in [1.54, 1.807) is 12.3 Å². The zero-order valence-electron chi connectivity index (χ0n) is 15.6. The van der Waals surface area contributed by atoms with Crippen LogP contribution in [0.15, 0.2) is 51.9 Å². The Hall–Kier alpha value is -2.48. The molecule has 28 heavy (non-hydrogen) atoms. The number of aromatic nitrogens is 1. The number of rotatable bonds is 6. The minimum Gasteiger partial charge on any atom is -0.468 e. The van der Waals surface area contributed by atoms with Crippen LogP contribution >= 0.6 is 0 Å². The van der Waals surface area contributed by atoms with Crippen LogP contribution in [-0.4, -0.2) is 52.2 Å². The van der Waals surface area contributed by atoms with E-state index in [9.17, 15) is 14.3 Å². The molecule has 3 heterocycles. The third-order valence-electron chi connectivity index (χ3n) is 5.37. The van der Waals surface area contributed by atoms with Gasteiger partial charge in [-0.15, -0.1) is 0 Å². The van der Waals surface area contributed by atoms with E-state index in [0.29, 0.717) is 30.6 Å². The van der Waals surface area contributed by atoms with Crippen molar-refractivity contribution in [1.82, 2.24) is 14.8 Å². The Bertz CT molecular complexity index is 986. The summed E-state index contributed by atoms with van der Waals surface area (Å²) in [5, 5.41) is 10.3. The van der Waals surface area contributed by atoms with Gasteiger partial charge in [-0.25, -0.2) is 4.39 Å². The average molecular weight is 385 g/mol. The molecule has 1 fully saturated rings. The second kappa shape index (κ2) is 8.26. The average Bonchev–Trinajstić information content (AvgIpc) is 3.18. The minimum atomic E-state index is -0.365. The lowest BCUT2D eigenvalue weighted by atomic mass is 10.1. The van der Waals surface area contributed by atoms with Gasteiger partial charge in [-0.1, -0.05) is 0 Å². The molecule has 1 aliphatic rings.